The third-order valence-corrected chi connectivity index (χ3v) is 1.86. The first-order valence-electron chi connectivity index (χ1n) is 5.16. The number of aliphatic hydroxyl groups is 1. The van der Waals surface area contributed by atoms with Crippen LogP contribution in [0.2, 0.25) is 0 Å². The van der Waals surface area contributed by atoms with E-state index in [4.69, 9.17) is 9.84 Å². The van der Waals surface area contributed by atoms with E-state index in [0.717, 1.165) is 32.6 Å². The molecule has 0 aromatic carbocycles. The molecule has 0 amide bonds. The second-order valence-electron chi connectivity index (χ2n) is 3.49. The Hall–Kier alpha value is -0.120. The number of rotatable bonds is 8. The molecule has 0 aliphatic rings. The Kier molecular flexibility index (Phi) is 8.40. The molecule has 80 valence electrons. The molecule has 0 aliphatic heterocycles. The summed E-state index contributed by atoms with van der Waals surface area (Å²) < 4.78 is 5.21. The highest BCUT2D eigenvalue weighted by Crippen LogP contribution is 1.96. The zero-order valence-electron chi connectivity index (χ0n) is 9.05. The van der Waals surface area contributed by atoms with E-state index in [9.17, 15) is 0 Å². The Labute approximate surface area is 81.5 Å². The van der Waals surface area contributed by atoms with Gasteiger partial charge >= 0.3 is 0 Å². The van der Waals surface area contributed by atoms with Crippen LogP contribution in [0.1, 0.15) is 33.6 Å². The summed E-state index contributed by atoms with van der Waals surface area (Å²) in [5.74, 6) is 0. The van der Waals surface area contributed by atoms with Crippen molar-refractivity contribution >= 4 is 0 Å². The van der Waals surface area contributed by atoms with Crippen molar-refractivity contribution in [1.82, 2.24) is 5.32 Å². The maximum atomic E-state index is 9.10. The molecule has 0 saturated heterocycles. The van der Waals surface area contributed by atoms with Gasteiger partial charge in [-0.2, -0.15) is 0 Å². The Bertz CT molecular complexity index is 107. The van der Waals surface area contributed by atoms with Gasteiger partial charge in [-0.15, -0.1) is 0 Å². The molecule has 0 aromatic heterocycles. The first-order chi connectivity index (χ1) is 6.16. The fourth-order valence-corrected chi connectivity index (χ4v) is 1.26. The molecule has 0 aromatic rings. The molecule has 13 heavy (non-hydrogen) atoms. The minimum Gasteiger partial charge on any atom is -0.393 e. The summed E-state index contributed by atoms with van der Waals surface area (Å²) >= 11 is 0. The standard InChI is InChI=1S/C10H23NO2/c1-4-13-7-5-6-11-9(2)8-10(3)12/h9-12H,4-8H2,1-3H3. The third-order valence-electron chi connectivity index (χ3n) is 1.86. The van der Waals surface area contributed by atoms with Crippen LogP contribution in [0.15, 0.2) is 0 Å². The van der Waals surface area contributed by atoms with Gasteiger partial charge in [0.15, 0.2) is 0 Å². The molecule has 2 N–H and O–H groups in total. The summed E-state index contributed by atoms with van der Waals surface area (Å²) in [6.07, 6.45) is 1.64. The van der Waals surface area contributed by atoms with Crippen molar-refractivity contribution in [1.29, 1.82) is 0 Å². The van der Waals surface area contributed by atoms with Gasteiger partial charge in [-0.05, 0) is 40.2 Å². The molecule has 0 heterocycles. The fraction of sp³-hybridized carbons (Fsp3) is 1.00. The van der Waals surface area contributed by atoms with Crippen molar-refractivity contribution in [2.75, 3.05) is 19.8 Å². The van der Waals surface area contributed by atoms with Crippen molar-refractivity contribution in [2.45, 2.75) is 45.8 Å². The van der Waals surface area contributed by atoms with Gasteiger partial charge in [0, 0.05) is 19.3 Å². The number of aliphatic hydroxyl groups excluding tert-OH is 1. The quantitative estimate of drug-likeness (QED) is 0.563. The fourth-order valence-electron chi connectivity index (χ4n) is 1.26. The van der Waals surface area contributed by atoms with Gasteiger partial charge in [-0.25, -0.2) is 0 Å². The van der Waals surface area contributed by atoms with E-state index in [-0.39, 0.29) is 6.10 Å². The summed E-state index contributed by atoms with van der Waals surface area (Å²) in [5, 5.41) is 12.4. The molecule has 0 rings (SSSR count). The second kappa shape index (κ2) is 8.48. The highest BCUT2D eigenvalue weighted by molar-refractivity contribution is 4.63. The smallest absolute Gasteiger partial charge is 0.0526 e. The van der Waals surface area contributed by atoms with Crippen molar-refractivity contribution < 1.29 is 9.84 Å². The van der Waals surface area contributed by atoms with Crippen LogP contribution >= 0.6 is 0 Å². The molecule has 0 fully saturated rings. The molecule has 2 unspecified atom stereocenters. The van der Waals surface area contributed by atoms with Crippen LogP contribution in [0, 0.1) is 0 Å². The highest BCUT2D eigenvalue weighted by Gasteiger charge is 2.03. The third kappa shape index (κ3) is 9.80. The first-order valence-corrected chi connectivity index (χ1v) is 5.16. The summed E-state index contributed by atoms with van der Waals surface area (Å²) in [7, 11) is 0. The molecule has 0 spiro atoms. The summed E-state index contributed by atoms with van der Waals surface area (Å²) in [6, 6.07) is 0.390. The highest BCUT2D eigenvalue weighted by atomic mass is 16.5. The number of nitrogens with one attached hydrogen (secondary N) is 1. The van der Waals surface area contributed by atoms with Crippen molar-refractivity contribution in [3.63, 3.8) is 0 Å². The van der Waals surface area contributed by atoms with E-state index < -0.39 is 0 Å². The lowest BCUT2D eigenvalue weighted by atomic mass is 10.1. The molecule has 0 saturated carbocycles. The summed E-state index contributed by atoms with van der Waals surface area (Å²) in [4.78, 5) is 0. The van der Waals surface area contributed by atoms with Gasteiger partial charge in [-0.3, -0.25) is 0 Å². The normalized spacial score (nSPS) is 15.7. The van der Waals surface area contributed by atoms with Crippen LogP contribution in [-0.2, 0) is 4.74 Å². The predicted molar refractivity (Wildman–Crippen MR) is 54.9 cm³/mol. The SMILES string of the molecule is CCOCCCNC(C)CC(C)O. The molecular formula is C10H23NO2. The lowest BCUT2D eigenvalue weighted by Crippen LogP contribution is -2.30. The Morgan fingerprint density at radius 3 is 2.62 bits per heavy atom. The van der Waals surface area contributed by atoms with Gasteiger partial charge in [0.2, 0.25) is 0 Å². The van der Waals surface area contributed by atoms with Crippen molar-refractivity contribution in [2.24, 2.45) is 0 Å². The summed E-state index contributed by atoms with van der Waals surface area (Å²) in [6.45, 7) is 8.50. The molecule has 0 bridgehead atoms. The van der Waals surface area contributed by atoms with E-state index in [0.29, 0.717) is 6.04 Å². The van der Waals surface area contributed by atoms with Gasteiger partial charge in [0.05, 0.1) is 6.10 Å². The van der Waals surface area contributed by atoms with Crippen LogP contribution in [-0.4, -0.2) is 37.0 Å². The number of ether oxygens (including phenoxy) is 1. The molecular weight excluding hydrogens is 166 g/mol. The van der Waals surface area contributed by atoms with Crippen molar-refractivity contribution in [3.05, 3.63) is 0 Å². The maximum Gasteiger partial charge on any atom is 0.0526 e. The average molecular weight is 189 g/mol. The van der Waals surface area contributed by atoms with E-state index in [2.05, 4.69) is 12.2 Å². The Morgan fingerprint density at radius 2 is 2.08 bits per heavy atom. The Morgan fingerprint density at radius 1 is 1.38 bits per heavy atom. The van der Waals surface area contributed by atoms with Crippen LogP contribution < -0.4 is 5.32 Å². The zero-order chi connectivity index (χ0) is 10.1. The molecule has 0 aliphatic carbocycles. The minimum atomic E-state index is -0.214. The summed E-state index contributed by atoms with van der Waals surface area (Å²) in [5.41, 5.74) is 0. The molecule has 2 atom stereocenters. The number of hydrogen-bond acceptors (Lipinski definition) is 3. The van der Waals surface area contributed by atoms with E-state index >= 15 is 0 Å². The molecule has 3 heteroatoms. The van der Waals surface area contributed by atoms with Crippen LogP contribution in [0.5, 0.6) is 0 Å². The second-order valence-corrected chi connectivity index (χ2v) is 3.49. The average Bonchev–Trinajstić information content (AvgIpc) is 2.02. The molecule has 0 radical (unpaired) electrons. The van der Waals surface area contributed by atoms with E-state index in [1.807, 2.05) is 13.8 Å². The van der Waals surface area contributed by atoms with Gasteiger partial charge < -0.3 is 15.2 Å². The van der Waals surface area contributed by atoms with Gasteiger partial charge in [0.1, 0.15) is 0 Å². The lowest BCUT2D eigenvalue weighted by molar-refractivity contribution is 0.142. The molecule has 3 nitrogen and oxygen atoms in total. The van der Waals surface area contributed by atoms with E-state index in [1.165, 1.54) is 0 Å². The minimum absolute atomic E-state index is 0.214. The zero-order valence-corrected chi connectivity index (χ0v) is 9.05. The lowest BCUT2D eigenvalue weighted by Gasteiger charge is -2.14. The van der Waals surface area contributed by atoms with E-state index in [1.54, 1.807) is 0 Å². The van der Waals surface area contributed by atoms with Gasteiger partial charge in [0.25, 0.3) is 0 Å². The van der Waals surface area contributed by atoms with Crippen LogP contribution in [0.25, 0.3) is 0 Å². The topological polar surface area (TPSA) is 41.5 Å². The largest absolute Gasteiger partial charge is 0.393 e. The van der Waals surface area contributed by atoms with Gasteiger partial charge in [-0.1, -0.05) is 0 Å². The monoisotopic (exact) mass is 189 g/mol. The maximum absolute atomic E-state index is 9.10. The van der Waals surface area contributed by atoms with Crippen LogP contribution in [0.4, 0.5) is 0 Å². The Balaban J connectivity index is 3.12. The number of hydrogen-bond donors (Lipinski definition) is 2. The predicted octanol–water partition coefficient (Wildman–Crippen LogP) is 1.16. The van der Waals surface area contributed by atoms with Crippen molar-refractivity contribution in [3.8, 4) is 0 Å². The first kappa shape index (κ1) is 12.9. The van der Waals surface area contributed by atoms with Crippen LogP contribution in [0.3, 0.4) is 0 Å².